The molecule has 1 aromatic rings. The van der Waals surface area contributed by atoms with Gasteiger partial charge in [-0.15, -0.1) is 0 Å². The van der Waals surface area contributed by atoms with Crippen LogP contribution in [0.3, 0.4) is 0 Å². The van der Waals surface area contributed by atoms with Gasteiger partial charge in [-0.1, -0.05) is 33.6 Å². The number of nitrogens with one attached hydrogen (secondary N) is 1. The zero-order chi connectivity index (χ0) is 13.1. The highest BCUT2D eigenvalue weighted by atomic mass is 79.9. The summed E-state index contributed by atoms with van der Waals surface area (Å²) in [5, 5.41) is 2.97. The molecule has 2 amide bonds. The maximum absolute atomic E-state index is 12.0. The topological polar surface area (TPSA) is 49.4 Å². The van der Waals surface area contributed by atoms with Gasteiger partial charge in [0.2, 0.25) is 0 Å². The number of hydrogen-bond donors (Lipinski definition) is 1. The fourth-order valence-corrected chi connectivity index (χ4v) is 2.91. The molecule has 6 heteroatoms. The summed E-state index contributed by atoms with van der Waals surface area (Å²) in [6.45, 7) is 2.41. The number of nitrogens with zero attached hydrogens (tertiary/aromatic N) is 1. The van der Waals surface area contributed by atoms with Crippen LogP contribution in [0.15, 0.2) is 24.3 Å². The number of rotatable bonds is 4. The summed E-state index contributed by atoms with van der Waals surface area (Å²) in [6.07, 6.45) is 0. The van der Waals surface area contributed by atoms with Gasteiger partial charge >= 0.3 is 0 Å². The second-order valence-electron chi connectivity index (χ2n) is 3.95. The lowest BCUT2D eigenvalue weighted by atomic mass is 10.2. The average Bonchev–Trinajstić information content (AvgIpc) is 2.60. The van der Waals surface area contributed by atoms with E-state index in [2.05, 4.69) is 21.2 Å². The number of alkyl halides is 1. The van der Waals surface area contributed by atoms with Crippen molar-refractivity contribution in [1.29, 1.82) is 0 Å². The number of amides is 2. The fourth-order valence-electron chi connectivity index (χ4n) is 1.62. The van der Waals surface area contributed by atoms with E-state index < -0.39 is 5.37 Å². The van der Waals surface area contributed by atoms with Crippen molar-refractivity contribution >= 4 is 44.5 Å². The fraction of sp³-hybridized carbons (Fsp3) is 0.333. The van der Waals surface area contributed by atoms with Gasteiger partial charge in [0.25, 0.3) is 11.1 Å². The minimum Gasteiger partial charge on any atom is -0.365 e. The van der Waals surface area contributed by atoms with Crippen molar-refractivity contribution < 1.29 is 9.59 Å². The highest BCUT2D eigenvalue weighted by Gasteiger charge is 2.39. The first-order valence-electron chi connectivity index (χ1n) is 5.53. The lowest BCUT2D eigenvalue weighted by Gasteiger charge is -2.13. The summed E-state index contributed by atoms with van der Waals surface area (Å²) in [7, 11) is 0. The lowest BCUT2D eigenvalue weighted by Crippen LogP contribution is -2.35. The Labute approximate surface area is 118 Å². The molecule has 0 saturated carbocycles. The lowest BCUT2D eigenvalue weighted by molar-refractivity contribution is -0.125. The van der Waals surface area contributed by atoms with Crippen LogP contribution >= 0.6 is 27.7 Å². The molecule has 0 aliphatic carbocycles. The first kappa shape index (κ1) is 13.4. The summed E-state index contributed by atoms with van der Waals surface area (Å²) < 4.78 is 0. The summed E-state index contributed by atoms with van der Waals surface area (Å²) >= 11 is 4.26. The van der Waals surface area contributed by atoms with E-state index in [1.807, 2.05) is 31.2 Å². The molecule has 1 unspecified atom stereocenters. The Morgan fingerprint density at radius 3 is 2.61 bits per heavy atom. The van der Waals surface area contributed by atoms with Crippen LogP contribution in [0.1, 0.15) is 5.56 Å². The monoisotopic (exact) mass is 328 g/mol. The summed E-state index contributed by atoms with van der Waals surface area (Å²) in [4.78, 5) is 24.9. The second-order valence-corrected chi connectivity index (χ2v) is 5.80. The van der Waals surface area contributed by atoms with Gasteiger partial charge in [-0.3, -0.25) is 14.5 Å². The number of aryl methyl sites for hydroxylation is 1. The third kappa shape index (κ3) is 2.87. The highest BCUT2D eigenvalue weighted by molar-refractivity contribution is 9.09. The second kappa shape index (κ2) is 5.75. The predicted molar refractivity (Wildman–Crippen MR) is 77.1 cm³/mol. The summed E-state index contributed by atoms with van der Waals surface area (Å²) in [5.41, 5.74) is 2.00. The van der Waals surface area contributed by atoms with Gasteiger partial charge in [0.05, 0.1) is 0 Å². The molecule has 0 aromatic heterocycles. The molecule has 1 aliphatic heterocycles. The molecule has 18 heavy (non-hydrogen) atoms. The smallest absolute Gasteiger partial charge is 0.290 e. The van der Waals surface area contributed by atoms with Gasteiger partial charge in [-0.2, -0.15) is 0 Å². The van der Waals surface area contributed by atoms with Crippen molar-refractivity contribution in [2.24, 2.45) is 0 Å². The number of carbonyl (C=O) groups excluding carboxylic acids is 2. The molecule has 1 atom stereocenters. The molecular weight excluding hydrogens is 316 g/mol. The zero-order valence-corrected chi connectivity index (χ0v) is 12.3. The van der Waals surface area contributed by atoms with Crippen LogP contribution in [0.25, 0.3) is 0 Å². The van der Waals surface area contributed by atoms with Crippen LogP contribution < -0.4 is 5.32 Å². The predicted octanol–water partition coefficient (Wildman–Crippen LogP) is 2.82. The van der Waals surface area contributed by atoms with Crippen molar-refractivity contribution in [1.82, 2.24) is 4.90 Å². The van der Waals surface area contributed by atoms with Gasteiger partial charge in [0.1, 0.15) is 0 Å². The molecule has 96 valence electrons. The average molecular weight is 329 g/mol. The number of thioether (sulfide) groups is 1. The summed E-state index contributed by atoms with van der Waals surface area (Å²) in [6, 6.07) is 7.73. The van der Waals surface area contributed by atoms with Gasteiger partial charge in [0.15, 0.2) is 5.37 Å². The molecular formula is C12H13BrN2O2S. The van der Waals surface area contributed by atoms with Crippen LogP contribution in [0.2, 0.25) is 0 Å². The third-order valence-electron chi connectivity index (χ3n) is 2.59. The van der Waals surface area contributed by atoms with Gasteiger partial charge in [-0.25, -0.2) is 0 Å². The van der Waals surface area contributed by atoms with Crippen molar-refractivity contribution in [2.45, 2.75) is 12.3 Å². The summed E-state index contributed by atoms with van der Waals surface area (Å²) in [5.74, 6) is -0.176. The van der Waals surface area contributed by atoms with E-state index in [1.54, 1.807) is 0 Å². The van der Waals surface area contributed by atoms with E-state index in [4.69, 9.17) is 0 Å². The highest BCUT2D eigenvalue weighted by Crippen LogP contribution is 2.28. The normalized spacial score (nSPS) is 19.4. The molecule has 0 radical (unpaired) electrons. The maximum Gasteiger partial charge on any atom is 0.290 e. The van der Waals surface area contributed by atoms with Crippen molar-refractivity contribution in [3.63, 3.8) is 0 Å². The molecule has 1 aliphatic rings. The number of halogens is 1. The Bertz CT molecular complexity index is 464. The Morgan fingerprint density at radius 2 is 2.00 bits per heavy atom. The van der Waals surface area contributed by atoms with Gasteiger partial charge in [-0.05, 0) is 30.8 Å². The van der Waals surface area contributed by atoms with E-state index in [9.17, 15) is 9.59 Å². The van der Waals surface area contributed by atoms with Crippen LogP contribution in [-0.2, 0) is 4.79 Å². The van der Waals surface area contributed by atoms with Crippen LogP contribution in [0, 0.1) is 6.92 Å². The van der Waals surface area contributed by atoms with Crippen LogP contribution in [-0.4, -0.2) is 33.3 Å². The Kier molecular flexibility index (Phi) is 4.29. The molecule has 1 heterocycles. The van der Waals surface area contributed by atoms with Gasteiger partial charge in [0, 0.05) is 17.6 Å². The molecule has 1 N–H and O–H groups in total. The van der Waals surface area contributed by atoms with E-state index in [1.165, 1.54) is 4.90 Å². The third-order valence-corrected chi connectivity index (χ3v) is 3.92. The van der Waals surface area contributed by atoms with E-state index >= 15 is 0 Å². The minimum absolute atomic E-state index is 0.176. The Morgan fingerprint density at radius 1 is 1.33 bits per heavy atom. The van der Waals surface area contributed by atoms with E-state index in [0.717, 1.165) is 23.0 Å². The molecule has 1 saturated heterocycles. The number of hydrogen-bond acceptors (Lipinski definition) is 4. The Balaban J connectivity index is 2.05. The molecule has 1 fully saturated rings. The first-order valence-corrected chi connectivity index (χ1v) is 7.53. The number of benzene rings is 1. The number of imide groups is 1. The number of carbonyl (C=O) groups is 2. The van der Waals surface area contributed by atoms with Gasteiger partial charge < -0.3 is 5.32 Å². The molecule has 4 nitrogen and oxygen atoms in total. The van der Waals surface area contributed by atoms with Crippen molar-refractivity contribution in [2.75, 3.05) is 17.2 Å². The van der Waals surface area contributed by atoms with Crippen molar-refractivity contribution in [3.05, 3.63) is 29.8 Å². The quantitative estimate of drug-likeness (QED) is 0.863. The largest absolute Gasteiger partial charge is 0.365 e. The van der Waals surface area contributed by atoms with Crippen molar-refractivity contribution in [3.8, 4) is 0 Å². The molecule has 1 aromatic carbocycles. The van der Waals surface area contributed by atoms with Crippen LogP contribution in [0.4, 0.5) is 10.5 Å². The maximum atomic E-state index is 12.0. The standard InChI is InChI=1S/C12H13BrN2O2S/c1-8-2-4-9(5-3-8)14-10-11(16)15(7-6-13)12(17)18-10/h2-5,10,14H,6-7H2,1H3. The SMILES string of the molecule is Cc1ccc(NC2SC(=O)N(CCBr)C2=O)cc1. The Hall–Kier alpha value is -1.01. The van der Waals surface area contributed by atoms with Crippen LogP contribution in [0.5, 0.6) is 0 Å². The minimum atomic E-state index is -0.515. The van der Waals surface area contributed by atoms with E-state index in [-0.39, 0.29) is 11.1 Å². The van der Waals surface area contributed by atoms with E-state index in [0.29, 0.717) is 11.9 Å². The number of anilines is 1. The molecule has 2 rings (SSSR count). The zero-order valence-electron chi connectivity index (χ0n) is 9.85. The molecule has 0 bridgehead atoms. The molecule has 0 spiro atoms. The first-order chi connectivity index (χ1) is 8.61.